The largest absolute Gasteiger partial charge is 0.326 e. The van der Waals surface area contributed by atoms with E-state index in [4.69, 9.17) is 0 Å². The highest BCUT2D eigenvalue weighted by Crippen LogP contribution is 2.27. The molecule has 2 N–H and O–H groups in total. The molecular weight excluding hydrogens is 296 g/mol. The van der Waals surface area contributed by atoms with Crippen molar-refractivity contribution in [1.82, 2.24) is 20.0 Å². The lowest BCUT2D eigenvalue weighted by atomic mass is 10.4. The van der Waals surface area contributed by atoms with Crippen LogP contribution in [0.15, 0.2) is 29.1 Å². The van der Waals surface area contributed by atoms with Gasteiger partial charge in [0, 0.05) is 30.3 Å². The van der Waals surface area contributed by atoms with Crippen LogP contribution in [0.1, 0.15) is 0 Å². The van der Waals surface area contributed by atoms with Gasteiger partial charge in [-0.1, -0.05) is 11.3 Å². The zero-order chi connectivity index (χ0) is 13.9. The Labute approximate surface area is 122 Å². The molecular formula is C11H10N6OS2. The minimum atomic E-state index is -0.392. The van der Waals surface area contributed by atoms with Crippen LogP contribution >= 0.6 is 22.7 Å². The quantitative estimate of drug-likeness (QED) is 0.779. The topological polar surface area (TPSA) is 84.7 Å². The number of hydrogen-bond donors (Lipinski definition) is 2. The van der Waals surface area contributed by atoms with E-state index >= 15 is 0 Å². The summed E-state index contributed by atoms with van der Waals surface area (Å²) in [6, 6.07) is 3.27. The number of rotatable bonds is 3. The number of hydrogen-bond acceptors (Lipinski definition) is 6. The van der Waals surface area contributed by atoms with E-state index in [1.54, 1.807) is 35.3 Å². The number of nitrogens with one attached hydrogen (secondary N) is 2. The maximum absolute atomic E-state index is 11.8. The predicted molar refractivity (Wildman–Crippen MR) is 79.1 cm³/mol. The van der Waals surface area contributed by atoms with Crippen LogP contribution in [-0.4, -0.2) is 26.0 Å². The number of amides is 2. The van der Waals surface area contributed by atoms with Crippen LogP contribution in [-0.2, 0) is 7.05 Å². The minimum Gasteiger partial charge on any atom is -0.291 e. The Morgan fingerprint density at radius 1 is 1.30 bits per heavy atom. The molecule has 3 aromatic heterocycles. The molecule has 2 amide bonds. The van der Waals surface area contributed by atoms with Gasteiger partial charge in [0.05, 0.1) is 0 Å². The van der Waals surface area contributed by atoms with Crippen molar-refractivity contribution in [2.24, 2.45) is 7.05 Å². The van der Waals surface area contributed by atoms with Crippen LogP contribution in [0.25, 0.3) is 10.6 Å². The number of aromatic nitrogens is 4. The van der Waals surface area contributed by atoms with Crippen molar-refractivity contribution in [1.29, 1.82) is 0 Å². The van der Waals surface area contributed by atoms with Crippen molar-refractivity contribution < 1.29 is 4.79 Å². The van der Waals surface area contributed by atoms with Crippen molar-refractivity contribution in [3.05, 3.63) is 29.1 Å². The molecule has 3 heterocycles. The van der Waals surface area contributed by atoms with Gasteiger partial charge in [0.2, 0.25) is 5.13 Å². The maximum Gasteiger partial charge on any atom is 0.326 e. The van der Waals surface area contributed by atoms with Crippen LogP contribution in [0.3, 0.4) is 0 Å². The molecule has 0 aliphatic rings. The molecule has 0 aliphatic heterocycles. The molecule has 0 saturated carbocycles. The van der Waals surface area contributed by atoms with Crippen LogP contribution in [0, 0.1) is 0 Å². The highest BCUT2D eigenvalue weighted by molar-refractivity contribution is 7.19. The summed E-state index contributed by atoms with van der Waals surface area (Å²) in [7, 11) is 1.78. The van der Waals surface area contributed by atoms with Crippen LogP contribution in [0.5, 0.6) is 0 Å². The number of nitrogens with zero attached hydrogens (tertiary/aromatic N) is 4. The van der Waals surface area contributed by atoms with Gasteiger partial charge in [-0.15, -0.1) is 10.2 Å². The van der Waals surface area contributed by atoms with E-state index in [9.17, 15) is 4.79 Å². The molecule has 0 aromatic carbocycles. The van der Waals surface area contributed by atoms with Gasteiger partial charge in [-0.2, -0.15) is 16.4 Å². The average Bonchev–Trinajstić information content (AvgIpc) is 3.10. The Balaban J connectivity index is 1.64. The van der Waals surface area contributed by atoms with Gasteiger partial charge >= 0.3 is 6.03 Å². The molecule has 3 rings (SSSR count). The fourth-order valence-electron chi connectivity index (χ4n) is 1.50. The summed E-state index contributed by atoms with van der Waals surface area (Å²) in [5.41, 5.74) is 1.01. The number of urea groups is 1. The number of carbonyl (C=O) groups excluding carboxylic acids is 1. The third-order valence-corrected chi connectivity index (χ3v) is 3.94. The summed E-state index contributed by atoms with van der Waals surface area (Å²) >= 11 is 2.91. The second-order valence-electron chi connectivity index (χ2n) is 3.88. The Kier molecular flexibility index (Phi) is 3.44. The van der Waals surface area contributed by atoms with Crippen molar-refractivity contribution >= 4 is 39.7 Å². The molecule has 102 valence electrons. The van der Waals surface area contributed by atoms with Crippen molar-refractivity contribution in [2.45, 2.75) is 0 Å². The molecule has 0 saturated heterocycles. The van der Waals surface area contributed by atoms with E-state index in [2.05, 4.69) is 25.9 Å². The fourth-order valence-corrected chi connectivity index (χ4v) is 2.95. The summed E-state index contributed by atoms with van der Waals surface area (Å²) in [4.78, 5) is 11.8. The lowest BCUT2D eigenvalue weighted by Crippen LogP contribution is -2.19. The summed E-state index contributed by atoms with van der Waals surface area (Å²) in [5.74, 6) is 0.479. The first-order valence-corrected chi connectivity index (χ1v) is 7.40. The first-order valence-electron chi connectivity index (χ1n) is 5.64. The highest BCUT2D eigenvalue weighted by atomic mass is 32.1. The van der Waals surface area contributed by atoms with Gasteiger partial charge < -0.3 is 0 Å². The fraction of sp³-hybridized carbons (Fsp3) is 0.0909. The number of carbonyl (C=O) groups is 1. The first-order chi connectivity index (χ1) is 9.70. The number of aryl methyl sites for hydroxylation is 1. The molecule has 3 aromatic rings. The van der Waals surface area contributed by atoms with Gasteiger partial charge in [0.15, 0.2) is 5.82 Å². The van der Waals surface area contributed by atoms with Gasteiger partial charge in [0.25, 0.3) is 0 Å². The summed E-state index contributed by atoms with van der Waals surface area (Å²) in [6.07, 6.45) is 1.75. The third-order valence-electron chi connectivity index (χ3n) is 2.37. The Morgan fingerprint density at radius 2 is 2.20 bits per heavy atom. The molecule has 0 aliphatic carbocycles. The minimum absolute atomic E-state index is 0.392. The van der Waals surface area contributed by atoms with Crippen LogP contribution < -0.4 is 10.6 Å². The Hall–Kier alpha value is -2.26. The summed E-state index contributed by atoms with van der Waals surface area (Å²) in [6.45, 7) is 0. The van der Waals surface area contributed by atoms with Gasteiger partial charge in [-0.25, -0.2) is 4.79 Å². The zero-order valence-corrected chi connectivity index (χ0v) is 12.0. The Bertz CT molecular complexity index is 717. The van der Waals surface area contributed by atoms with E-state index in [1.165, 1.54) is 11.3 Å². The molecule has 20 heavy (non-hydrogen) atoms. The number of thiophene rings is 1. The number of anilines is 2. The van der Waals surface area contributed by atoms with E-state index in [1.807, 2.05) is 16.8 Å². The standard InChI is InChI=1S/C11H10N6OS2/c1-17-4-2-8(16-17)12-10(18)13-11-15-14-9(20-11)7-3-5-19-6-7/h2-6H,1H3,(H2,12,13,15,16,18). The lowest BCUT2D eigenvalue weighted by molar-refractivity contribution is 0.262. The van der Waals surface area contributed by atoms with Gasteiger partial charge in [-0.3, -0.25) is 15.3 Å². The predicted octanol–water partition coefficient (Wildman–Crippen LogP) is 2.64. The molecule has 0 bridgehead atoms. The van der Waals surface area contributed by atoms with E-state index in [0.29, 0.717) is 10.9 Å². The average molecular weight is 306 g/mol. The van der Waals surface area contributed by atoms with Gasteiger partial charge in [0.1, 0.15) is 5.01 Å². The molecule has 0 radical (unpaired) electrons. The molecule has 0 spiro atoms. The molecule has 0 fully saturated rings. The van der Waals surface area contributed by atoms with Crippen molar-refractivity contribution in [3.63, 3.8) is 0 Å². The monoisotopic (exact) mass is 306 g/mol. The Morgan fingerprint density at radius 3 is 2.90 bits per heavy atom. The molecule has 9 heteroatoms. The van der Waals surface area contributed by atoms with E-state index in [-0.39, 0.29) is 0 Å². The third kappa shape index (κ3) is 2.83. The van der Waals surface area contributed by atoms with Crippen molar-refractivity contribution in [2.75, 3.05) is 10.6 Å². The van der Waals surface area contributed by atoms with Crippen LogP contribution in [0.2, 0.25) is 0 Å². The SMILES string of the molecule is Cn1ccc(NC(=O)Nc2nnc(-c3ccsc3)s2)n1. The zero-order valence-electron chi connectivity index (χ0n) is 10.4. The molecule has 0 atom stereocenters. The first kappa shape index (κ1) is 12.8. The van der Waals surface area contributed by atoms with Gasteiger partial charge in [-0.05, 0) is 11.4 Å². The second kappa shape index (κ2) is 5.39. The smallest absolute Gasteiger partial charge is 0.291 e. The highest BCUT2D eigenvalue weighted by Gasteiger charge is 2.10. The van der Waals surface area contributed by atoms with Crippen molar-refractivity contribution in [3.8, 4) is 10.6 Å². The van der Waals surface area contributed by atoms with Crippen LogP contribution in [0.4, 0.5) is 15.7 Å². The summed E-state index contributed by atoms with van der Waals surface area (Å²) in [5, 5.41) is 22.4. The van der Waals surface area contributed by atoms with E-state index in [0.717, 1.165) is 10.6 Å². The lowest BCUT2D eigenvalue weighted by Gasteiger charge is -2.00. The summed E-state index contributed by atoms with van der Waals surface area (Å²) < 4.78 is 1.61. The normalized spacial score (nSPS) is 10.4. The molecule has 7 nitrogen and oxygen atoms in total. The second-order valence-corrected chi connectivity index (χ2v) is 5.64. The molecule has 0 unspecified atom stereocenters. The maximum atomic E-state index is 11.8. The van der Waals surface area contributed by atoms with E-state index < -0.39 is 6.03 Å².